The molecule has 23 heavy (non-hydrogen) atoms. The third-order valence-corrected chi connectivity index (χ3v) is 3.30. The average molecular weight is 320 g/mol. The van der Waals surface area contributed by atoms with Crippen molar-refractivity contribution in [3.63, 3.8) is 0 Å². The Balaban J connectivity index is 2.29. The summed E-state index contributed by atoms with van der Waals surface area (Å²) in [6.07, 6.45) is 1.02. The molecule has 0 atom stereocenters. The van der Waals surface area contributed by atoms with Crippen LogP contribution in [0.5, 0.6) is 5.75 Å². The fraction of sp³-hybridized carbons (Fsp3) is 0.556. The van der Waals surface area contributed by atoms with Crippen LogP contribution < -0.4 is 15.4 Å². The number of rotatable bonds is 8. The smallest absolute Gasteiger partial charge is 0.225 e. The molecule has 0 unspecified atom stereocenters. The largest absolute Gasteiger partial charge is 0.494 e. The fourth-order valence-corrected chi connectivity index (χ4v) is 1.94. The Morgan fingerprint density at radius 1 is 1.13 bits per heavy atom. The molecule has 0 radical (unpaired) electrons. The maximum absolute atomic E-state index is 11.9. The zero-order valence-corrected chi connectivity index (χ0v) is 14.6. The summed E-state index contributed by atoms with van der Waals surface area (Å²) >= 11 is 0. The van der Waals surface area contributed by atoms with Gasteiger partial charge < -0.3 is 15.4 Å². The molecule has 0 aromatic heterocycles. The third kappa shape index (κ3) is 7.17. The molecule has 1 rings (SSSR count). The van der Waals surface area contributed by atoms with Crippen LogP contribution in [0.25, 0.3) is 0 Å². The molecule has 2 amide bonds. The van der Waals surface area contributed by atoms with Gasteiger partial charge in [0.15, 0.2) is 0 Å². The quantitative estimate of drug-likeness (QED) is 0.724. The number of carbonyl (C=O) groups excluding carboxylic acids is 2. The lowest BCUT2D eigenvalue weighted by atomic mass is 9.96. The highest BCUT2D eigenvalue weighted by Crippen LogP contribution is 2.17. The fourth-order valence-electron chi connectivity index (χ4n) is 1.94. The van der Waals surface area contributed by atoms with E-state index < -0.39 is 5.41 Å². The van der Waals surface area contributed by atoms with Gasteiger partial charge in [-0.2, -0.15) is 0 Å². The number of para-hydroxylation sites is 1. The molecule has 0 bridgehead atoms. The Labute approximate surface area is 138 Å². The summed E-state index contributed by atoms with van der Waals surface area (Å²) in [6.45, 7) is 9.09. The molecule has 0 saturated heterocycles. The Kier molecular flexibility index (Phi) is 7.59. The molecule has 0 heterocycles. The molecule has 0 aliphatic heterocycles. The third-order valence-electron chi connectivity index (χ3n) is 3.30. The van der Waals surface area contributed by atoms with E-state index in [0.29, 0.717) is 32.5 Å². The van der Waals surface area contributed by atoms with Crippen molar-refractivity contribution in [1.82, 2.24) is 10.6 Å². The van der Waals surface area contributed by atoms with Crippen LogP contribution in [0.1, 0.15) is 46.1 Å². The van der Waals surface area contributed by atoms with Crippen LogP contribution in [0.3, 0.4) is 0 Å². The van der Waals surface area contributed by atoms with Crippen molar-refractivity contribution in [2.75, 3.05) is 13.2 Å². The molecule has 5 nitrogen and oxygen atoms in total. The summed E-state index contributed by atoms with van der Waals surface area (Å²) in [6, 6.07) is 7.67. The van der Waals surface area contributed by atoms with Gasteiger partial charge in [0.25, 0.3) is 0 Å². The first-order valence-electron chi connectivity index (χ1n) is 8.10. The first-order chi connectivity index (χ1) is 10.8. The van der Waals surface area contributed by atoms with Crippen molar-refractivity contribution < 1.29 is 14.3 Å². The highest BCUT2D eigenvalue weighted by molar-refractivity contribution is 5.81. The highest BCUT2D eigenvalue weighted by Gasteiger charge is 2.20. The Bertz CT molecular complexity index is 521. The predicted octanol–water partition coefficient (Wildman–Crippen LogP) is 2.64. The lowest BCUT2D eigenvalue weighted by Crippen LogP contribution is -2.35. The van der Waals surface area contributed by atoms with E-state index in [2.05, 4.69) is 10.6 Å². The highest BCUT2D eigenvalue weighted by atomic mass is 16.5. The number of hydrogen-bond donors (Lipinski definition) is 2. The van der Waals surface area contributed by atoms with Gasteiger partial charge >= 0.3 is 0 Å². The molecule has 1 aromatic rings. The molecule has 2 N–H and O–H groups in total. The molecular weight excluding hydrogens is 292 g/mol. The van der Waals surface area contributed by atoms with Crippen molar-refractivity contribution >= 4 is 11.8 Å². The monoisotopic (exact) mass is 320 g/mol. The van der Waals surface area contributed by atoms with Crippen LogP contribution in [0.15, 0.2) is 24.3 Å². The minimum atomic E-state index is -0.398. The summed E-state index contributed by atoms with van der Waals surface area (Å²) in [4.78, 5) is 23.6. The second kappa shape index (κ2) is 9.18. The van der Waals surface area contributed by atoms with Crippen LogP contribution in [0.4, 0.5) is 0 Å². The van der Waals surface area contributed by atoms with Crippen molar-refractivity contribution in [2.45, 2.75) is 47.1 Å². The van der Waals surface area contributed by atoms with Crippen molar-refractivity contribution in [3.8, 4) is 5.75 Å². The van der Waals surface area contributed by atoms with E-state index in [1.807, 2.05) is 52.0 Å². The zero-order valence-electron chi connectivity index (χ0n) is 14.6. The summed E-state index contributed by atoms with van der Waals surface area (Å²) < 4.78 is 5.53. The Hall–Kier alpha value is -2.04. The van der Waals surface area contributed by atoms with Crippen LogP contribution in [0, 0.1) is 5.41 Å². The second-order valence-corrected chi connectivity index (χ2v) is 6.43. The van der Waals surface area contributed by atoms with Crippen LogP contribution in [-0.2, 0) is 16.1 Å². The number of benzene rings is 1. The van der Waals surface area contributed by atoms with E-state index in [1.165, 1.54) is 0 Å². The van der Waals surface area contributed by atoms with Gasteiger partial charge in [-0.05, 0) is 19.4 Å². The molecule has 0 fully saturated rings. The minimum Gasteiger partial charge on any atom is -0.494 e. The molecule has 0 aliphatic carbocycles. The maximum atomic E-state index is 11.9. The SMILES string of the molecule is CCOc1ccccc1CNC(=O)CCCNC(=O)C(C)(C)C. The minimum absolute atomic E-state index is 0.00329. The van der Waals surface area contributed by atoms with Crippen molar-refractivity contribution in [2.24, 2.45) is 5.41 Å². The van der Waals surface area contributed by atoms with E-state index >= 15 is 0 Å². The standard InChI is InChI=1S/C18H28N2O3/c1-5-23-15-10-7-6-9-14(15)13-20-16(21)11-8-12-19-17(22)18(2,3)4/h6-7,9-10H,5,8,11-13H2,1-4H3,(H,19,22)(H,20,21). The number of nitrogens with one attached hydrogen (secondary N) is 2. The number of carbonyl (C=O) groups is 2. The summed E-state index contributed by atoms with van der Waals surface area (Å²) in [5.74, 6) is 0.776. The Morgan fingerprint density at radius 2 is 1.83 bits per heavy atom. The first-order valence-corrected chi connectivity index (χ1v) is 8.10. The molecule has 128 valence electrons. The van der Waals surface area contributed by atoms with E-state index in [-0.39, 0.29) is 11.8 Å². The molecule has 0 saturated carbocycles. The lowest BCUT2D eigenvalue weighted by Gasteiger charge is -2.17. The summed E-state index contributed by atoms with van der Waals surface area (Å²) in [5, 5.41) is 5.72. The van der Waals surface area contributed by atoms with Gasteiger partial charge in [0.05, 0.1) is 6.61 Å². The lowest BCUT2D eigenvalue weighted by molar-refractivity contribution is -0.128. The van der Waals surface area contributed by atoms with Gasteiger partial charge in [0.2, 0.25) is 11.8 Å². The molecule has 5 heteroatoms. The zero-order chi connectivity index (χ0) is 17.3. The van der Waals surface area contributed by atoms with Crippen molar-refractivity contribution in [1.29, 1.82) is 0 Å². The number of ether oxygens (including phenoxy) is 1. The second-order valence-electron chi connectivity index (χ2n) is 6.43. The van der Waals surface area contributed by atoms with Crippen LogP contribution >= 0.6 is 0 Å². The Morgan fingerprint density at radius 3 is 2.48 bits per heavy atom. The first kappa shape index (κ1) is 19.0. The predicted molar refractivity (Wildman–Crippen MR) is 91.2 cm³/mol. The molecule has 0 spiro atoms. The van der Waals surface area contributed by atoms with E-state index in [1.54, 1.807) is 0 Å². The van der Waals surface area contributed by atoms with Gasteiger partial charge in [-0.1, -0.05) is 39.0 Å². The summed E-state index contributed by atoms with van der Waals surface area (Å²) in [7, 11) is 0. The number of amides is 2. The van der Waals surface area contributed by atoms with Gasteiger partial charge in [-0.3, -0.25) is 9.59 Å². The van der Waals surface area contributed by atoms with E-state index in [9.17, 15) is 9.59 Å². The van der Waals surface area contributed by atoms with Gasteiger partial charge in [0.1, 0.15) is 5.75 Å². The van der Waals surface area contributed by atoms with Crippen LogP contribution in [-0.4, -0.2) is 25.0 Å². The van der Waals surface area contributed by atoms with Crippen molar-refractivity contribution in [3.05, 3.63) is 29.8 Å². The van der Waals surface area contributed by atoms with Gasteiger partial charge in [-0.15, -0.1) is 0 Å². The maximum Gasteiger partial charge on any atom is 0.225 e. The topological polar surface area (TPSA) is 67.4 Å². The van der Waals surface area contributed by atoms with Gasteiger partial charge in [0, 0.05) is 30.5 Å². The molecule has 1 aromatic carbocycles. The molecule has 0 aliphatic rings. The van der Waals surface area contributed by atoms with E-state index in [4.69, 9.17) is 4.74 Å². The molecular formula is C18H28N2O3. The van der Waals surface area contributed by atoms with Crippen LogP contribution in [0.2, 0.25) is 0 Å². The average Bonchev–Trinajstić information content (AvgIpc) is 2.50. The number of hydrogen-bond acceptors (Lipinski definition) is 3. The summed E-state index contributed by atoms with van der Waals surface area (Å²) in [5.41, 5.74) is 0.564. The van der Waals surface area contributed by atoms with E-state index in [0.717, 1.165) is 11.3 Å². The normalized spacial score (nSPS) is 11.0. The van der Waals surface area contributed by atoms with Gasteiger partial charge in [-0.25, -0.2) is 0 Å².